The van der Waals surface area contributed by atoms with Crippen LogP contribution < -0.4 is 15.4 Å². The highest BCUT2D eigenvalue weighted by atomic mass is 16.5. The molecule has 6 heteroatoms. The third kappa shape index (κ3) is 8.16. The Bertz CT molecular complexity index is 855. The SMILES string of the molecule is C=C(C)COc1ccc(NCC(=O)Nc2ccc(C(=O)N(CCC)CCC)cc2)cc1. The Morgan fingerprint density at radius 3 is 2.06 bits per heavy atom. The van der Waals surface area contributed by atoms with Crippen molar-refractivity contribution in [1.82, 2.24) is 4.90 Å². The standard InChI is InChI=1S/C25H33N3O3/c1-5-15-28(16-6-2)25(30)20-7-9-22(10-8-20)27-24(29)17-26-21-11-13-23(14-12-21)31-18-19(3)4/h7-14,26H,3,5-6,15-18H2,1-2,4H3,(H,27,29). The van der Waals surface area contributed by atoms with E-state index in [2.05, 4.69) is 31.1 Å². The number of nitrogens with zero attached hydrogens (tertiary/aromatic N) is 1. The summed E-state index contributed by atoms with van der Waals surface area (Å²) in [5.41, 5.74) is 3.07. The van der Waals surface area contributed by atoms with Gasteiger partial charge in [-0.1, -0.05) is 20.4 Å². The molecule has 0 atom stereocenters. The van der Waals surface area contributed by atoms with Gasteiger partial charge in [0.1, 0.15) is 12.4 Å². The van der Waals surface area contributed by atoms with Gasteiger partial charge >= 0.3 is 0 Å². The first-order valence-corrected chi connectivity index (χ1v) is 10.7. The van der Waals surface area contributed by atoms with Crippen LogP contribution in [0, 0.1) is 0 Å². The van der Waals surface area contributed by atoms with Gasteiger partial charge in [0.05, 0.1) is 6.54 Å². The normalized spacial score (nSPS) is 10.3. The number of ether oxygens (including phenoxy) is 1. The van der Waals surface area contributed by atoms with Crippen LogP contribution in [0.25, 0.3) is 0 Å². The highest BCUT2D eigenvalue weighted by Gasteiger charge is 2.14. The van der Waals surface area contributed by atoms with E-state index in [1.807, 2.05) is 36.1 Å². The molecule has 2 amide bonds. The van der Waals surface area contributed by atoms with Crippen molar-refractivity contribution in [3.63, 3.8) is 0 Å². The molecule has 2 aromatic rings. The van der Waals surface area contributed by atoms with Gasteiger partial charge in [0, 0.05) is 30.0 Å². The average molecular weight is 424 g/mol. The fourth-order valence-electron chi connectivity index (χ4n) is 3.00. The molecule has 0 bridgehead atoms. The first kappa shape index (κ1) is 24.0. The van der Waals surface area contributed by atoms with Crippen LogP contribution in [0.3, 0.4) is 0 Å². The van der Waals surface area contributed by atoms with Crippen molar-refractivity contribution >= 4 is 23.2 Å². The van der Waals surface area contributed by atoms with E-state index < -0.39 is 0 Å². The van der Waals surface area contributed by atoms with E-state index in [0.717, 1.165) is 42.9 Å². The minimum atomic E-state index is -0.166. The van der Waals surface area contributed by atoms with Crippen LogP contribution in [0.2, 0.25) is 0 Å². The molecule has 0 heterocycles. The summed E-state index contributed by atoms with van der Waals surface area (Å²) < 4.78 is 5.56. The van der Waals surface area contributed by atoms with Gasteiger partial charge in [-0.05, 0) is 73.9 Å². The summed E-state index contributed by atoms with van der Waals surface area (Å²) in [7, 11) is 0. The van der Waals surface area contributed by atoms with Crippen LogP contribution in [-0.4, -0.2) is 43.0 Å². The van der Waals surface area contributed by atoms with Gasteiger partial charge in [0.25, 0.3) is 5.91 Å². The molecule has 0 radical (unpaired) electrons. The van der Waals surface area contributed by atoms with Gasteiger partial charge < -0.3 is 20.3 Å². The summed E-state index contributed by atoms with van der Waals surface area (Å²) in [6.07, 6.45) is 1.86. The van der Waals surface area contributed by atoms with E-state index in [9.17, 15) is 9.59 Å². The Morgan fingerprint density at radius 2 is 1.52 bits per heavy atom. The molecular weight excluding hydrogens is 390 g/mol. The maximum absolute atomic E-state index is 12.6. The van der Waals surface area contributed by atoms with Crippen LogP contribution in [0.15, 0.2) is 60.7 Å². The number of anilines is 2. The second kappa shape index (κ2) is 12.4. The first-order chi connectivity index (χ1) is 14.9. The van der Waals surface area contributed by atoms with E-state index in [-0.39, 0.29) is 18.4 Å². The van der Waals surface area contributed by atoms with Gasteiger partial charge in [-0.3, -0.25) is 9.59 Å². The Morgan fingerprint density at radius 1 is 0.935 bits per heavy atom. The van der Waals surface area contributed by atoms with Gasteiger partial charge in [0.2, 0.25) is 5.91 Å². The van der Waals surface area contributed by atoms with Crippen molar-refractivity contribution in [2.24, 2.45) is 0 Å². The summed E-state index contributed by atoms with van der Waals surface area (Å²) in [5.74, 6) is 0.614. The lowest BCUT2D eigenvalue weighted by Crippen LogP contribution is -2.32. The van der Waals surface area contributed by atoms with Gasteiger partial charge in [-0.25, -0.2) is 0 Å². The average Bonchev–Trinajstić information content (AvgIpc) is 2.77. The Balaban J connectivity index is 1.84. The van der Waals surface area contributed by atoms with E-state index in [1.165, 1.54) is 0 Å². The summed E-state index contributed by atoms with van der Waals surface area (Å²) in [4.78, 5) is 26.7. The molecule has 2 rings (SSSR count). The number of rotatable bonds is 12. The fraction of sp³-hybridized carbons (Fsp3) is 0.360. The molecular formula is C25H33N3O3. The number of hydrogen-bond acceptors (Lipinski definition) is 4. The molecule has 0 aromatic heterocycles. The summed E-state index contributed by atoms with van der Waals surface area (Å²) >= 11 is 0. The van der Waals surface area contributed by atoms with Crippen molar-refractivity contribution in [3.05, 3.63) is 66.2 Å². The Kier molecular flexibility index (Phi) is 9.62. The number of hydrogen-bond donors (Lipinski definition) is 2. The lowest BCUT2D eigenvalue weighted by molar-refractivity contribution is -0.114. The van der Waals surface area contributed by atoms with Crippen molar-refractivity contribution in [2.45, 2.75) is 33.6 Å². The second-order valence-electron chi connectivity index (χ2n) is 7.54. The lowest BCUT2D eigenvalue weighted by atomic mass is 10.1. The van der Waals surface area contributed by atoms with Crippen molar-refractivity contribution < 1.29 is 14.3 Å². The molecule has 0 aliphatic carbocycles. The molecule has 0 saturated carbocycles. The maximum Gasteiger partial charge on any atom is 0.253 e. The van der Waals surface area contributed by atoms with E-state index in [1.54, 1.807) is 24.3 Å². The monoisotopic (exact) mass is 423 g/mol. The third-order valence-electron chi connectivity index (χ3n) is 4.48. The van der Waals surface area contributed by atoms with Gasteiger partial charge in [0.15, 0.2) is 0 Å². The zero-order chi connectivity index (χ0) is 22.6. The largest absolute Gasteiger partial charge is 0.489 e. The predicted octanol–water partition coefficient (Wildman–Crippen LogP) is 4.95. The second-order valence-corrected chi connectivity index (χ2v) is 7.54. The molecule has 166 valence electrons. The van der Waals surface area contributed by atoms with Crippen molar-refractivity contribution in [2.75, 3.05) is 36.9 Å². The van der Waals surface area contributed by atoms with E-state index in [0.29, 0.717) is 17.9 Å². The number of carbonyl (C=O) groups excluding carboxylic acids is 2. The van der Waals surface area contributed by atoms with Crippen molar-refractivity contribution in [3.8, 4) is 5.75 Å². The molecule has 0 fully saturated rings. The highest BCUT2D eigenvalue weighted by molar-refractivity contribution is 5.96. The summed E-state index contributed by atoms with van der Waals surface area (Å²) in [5, 5.41) is 5.92. The minimum absolute atomic E-state index is 0.0268. The molecule has 0 saturated heterocycles. The zero-order valence-electron chi connectivity index (χ0n) is 18.7. The van der Waals surface area contributed by atoms with Crippen LogP contribution >= 0.6 is 0 Å². The lowest BCUT2D eigenvalue weighted by Gasteiger charge is -2.21. The van der Waals surface area contributed by atoms with E-state index in [4.69, 9.17) is 4.74 Å². The van der Waals surface area contributed by atoms with Crippen molar-refractivity contribution in [1.29, 1.82) is 0 Å². The fourth-order valence-corrected chi connectivity index (χ4v) is 3.00. The topological polar surface area (TPSA) is 70.7 Å². The smallest absolute Gasteiger partial charge is 0.253 e. The van der Waals surface area contributed by atoms with Crippen LogP contribution in [0.5, 0.6) is 5.75 Å². The number of nitrogens with one attached hydrogen (secondary N) is 2. The third-order valence-corrected chi connectivity index (χ3v) is 4.48. The molecule has 0 spiro atoms. The predicted molar refractivity (Wildman–Crippen MR) is 127 cm³/mol. The molecule has 2 aromatic carbocycles. The summed E-state index contributed by atoms with van der Waals surface area (Å²) in [6, 6.07) is 14.4. The number of carbonyl (C=O) groups is 2. The minimum Gasteiger partial charge on any atom is -0.489 e. The van der Waals surface area contributed by atoms with Gasteiger partial charge in [-0.15, -0.1) is 0 Å². The highest BCUT2D eigenvalue weighted by Crippen LogP contribution is 2.16. The number of amides is 2. The molecule has 2 N–H and O–H groups in total. The quantitative estimate of drug-likeness (QED) is 0.474. The Hall–Kier alpha value is -3.28. The molecule has 31 heavy (non-hydrogen) atoms. The maximum atomic E-state index is 12.6. The summed E-state index contributed by atoms with van der Waals surface area (Å²) in [6.45, 7) is 12.0. The van der Waals surface area contributed by atoms with E-state index >= 15 is 0 Å². The first-order valence-electron chi connectivity index (χ1n) is 10.7. The molecule has 0 aliphatic heterocycles. The Labute approximate surface area is 185 Å². The molecule has 0 unspecified atom stereocenters. The van der Waals surface area contributed by atoms with Crippen LogP contribution in [-0.2, 0) is 4.79 Å². The number of benzene rings is 2. The molecule has 0 aliphatic rings. The zero-order valence-corrected chi connectivity index (χ0v) is 18.7. The van der Waals surface area contributed by atoms with Crippen LogP contribution in [0.4, 0.5) is 11.4 Å². The van der Waals surface area contributed by atoms with Gasteiger partial charge in [-0.2, -0.15) is 0 Å². The molecule has 6 nitrogen and oxygen atoms in total. The van der Waals surface area contributed by atoms with Crippen LogP contribution in [0.1, 0.15) is 44.0 Å².